The molecule has 0 amide bonds. The Morgan fingerprint density at radius 1 is 1.17 bits per heavy atom. The van der Waals surface area contributed by atoms with Crippen LogP contribution in [0, 0.1) is 0 Å². The van der Waals surface area contributed by atoms with Gasteiger partial charge in [-0.3, -0.25) is 15.2 Å². The number of para-hydroxylation sites is 1. The van der Waals surface area contributed by atoms with Crippen LogP contribution in [0.25, 0.3) is 5.70 Å². The lowest BCUT2D eigenvalue weighted by Gasteiger charge is -2.24. The summed E-state index contributed by atoms with van der Waals surface area (Å²) >= 11 is 7.50. The third kappa shape index (κ3) is 3.81. The summed E-state index contributed by atoms with van der Waals surface area (Å²) in [6.07, 6.45) is 0.00952. The fourth-order valence-electron chi connectivity index (χ4n) is 2.38. The van der Waals surface area contributed by atoms with E-state index in [4.69, 9.17) is 16.7 Å². The molecule has 0 unspecified atom stereocenters. The van der Waals surface area contributed by atoms with Crippen LogP contribution in [0.15, 0.2) is 59.5 Å². The van der Waals surface area contributed by atoms with Crippen LogP contribution >= 0.6 is 23.4 Å². The zero-order valence-electron chi connectivity index (χ0n) is 12.2. The lowest BCUT2D eigenvalue weighted by molar-refractivity contribution is -0.136. The molecule has 1 heterocycles. The Balaban J connectivity index is 1.94. The summed E-state index contributed by atoms with van der Waals surface area (Å²) in [4.78, 5) is 12.0. The minimum atomic E-state index is -0.833. The average molecular weight is 347 g/mol. The first-order chi connectivity index (χ1) is 11.1. The number of hydrazine groups is 1. The van der Waals surface area contributed by atoms with Gasteiger partial charge in [-0.05, 0) is 24.3 Å². The van der Waals surface area contributed by atoms with Crippen molar-refractivity contribution in [2.75, 3.05) is 11.3 Å². The second-order valence-electron chi connectivity index (χ2n) is 5.03. The molecular formula is C17H15ClN2O2S. The van der Waals surface area contributed by atoms with Gasteiger partial charge in [-0.25, -0.2) is 0 Å². The van der Waals surface area contributed by atoms with Gasteiger partial charge in [-0.2, -0.15) is 0 Å². The molecule has 1 aliphatic rings. The second-order valence-corrected chi connectivity index (χ2v) is 6.50. The van der Waals surface area contributed by atoms with Crippen LogP contribution in [0.5, 0.6) is 0 Å². The number of hydrogen-bond donors (Lipinski definition) is 2. The third-order valence-corrected chi connectivity index (χ3v) is 4.69. The topological polar surface area (TPSA) is 52.6 Å². The van der Waals surface area contributed by atoms with E-state index < -0.39 is 5.97 Å². The molecular weight excluding hydrogens is 332 g/mol. The van der Waals surface area contributed by atoms with Gasteiger partial charge < -0.3 is 5.11 Å². The molecule has 0 spiro atoms. The van der Waals surface area contributed by atoms with Crippen LogP contribution in [0.4, 0.5) is 5.69 Å². The molecule has 0 bridgehead atoms. The van der Waals surface area contributed by atoms with E-state index in [1.54, 1.807) is 0 Å². The molecule has 6 heteroatoms. The van der Waals surface area contributed by atoms with Crippen molar-refractivity contribution >= 4 is 40.7 Å². The van der Waals surface area contributed by atoms with E-state index in [1.165, 1.54) is 11.8 Å². The number of rotatable bonds is 5. The van der Waals surface area contributed by atoms with Gasteiger partial charge in [0.2, 0.25) is 0 Å². The van der Waals surface area contributed by atoms with Crippen molar-refractivity contribution in [2.45, 2.75) is 6.42 Å². The number of carboxylic acids is 1. The first-order valence-electron chi connectivity index (χ1n) is 7.06. The molecule has 0 radical (unpaired) electrons. The third-order valence-electron chi connectivity index (χ3n) is 3.37. The fourth-order valence-corrected chi connectivity index (χ4v) is 3.57. The summed E-state index contributed by atoms with van der Waals surface area (Å²) in [6, 6.07) is 17.2. The highest BCUT2D eigenvalue weighted by Crippen LogP contribution is 2.40. The second kappa shape index (κ2) is 6.98. The van der Waals surface area contributed by atoms with Gasteiger partial charge in [0.15, 0.2) is 0 Å². The SMILES string of the molecule is O=C(O)CC1=C(c2ccc(Cl)cc2)N(Nc2ccccc2)CS1. The highest BCUT2D eigenvalue weighted by atomic mass is 35.5. The van der Waals surface area contributed by atoms with Gasteiger partial charge in [0.05, 0.1) is 23.7 Å². The molecule has 118 valence electrons. The maximum Gasteiger partial charge on any atom is 0.308 e. The van der Waals surface area contributed by atoms with E-state index in [-0.39, 0.29) is 6.42 Å². The van der Waals surface area contributed by atoms with Gasteiger partial charge in [0.25, 0.3) is 0 Å². The van der Waals surface area contributed by atoms with Crippen molar-refractivity contribution in [1.29, 1.82) is 0 Å². The zero-order chi connectivity index (χ0) is 16.2. The van der Waals surface area contributed by atoms with E-state index in [2.05, 4.69) is 5.43 Å². The summed E-state index contributed by atoms with van der Waals surface area (Å²) in [5, 5.41) is 11.8. The minimum absolute atomic E-state index is 0.00952. The van der Waals surface area contributed by atoms with E-state index in [0.717, 1.165) is 21.9 Å². The van der Waals surface area contributed by atoms with Crippen LogP contribution in [-0.4, -0.2) is 22.0 Å². The van der Waals surface area contributed by atoms with Crippen molar-refractivity contribution in [3.05, 3.63) is 70.1 Å². The summed E-state index contributed by atoms with van der Waals surface area (Å²) < 4.78 is 0. The molecule has 0 aromatic heterocycles. The maximum atomic E-state index is 11.1. The first-order valence-corrected chi connectivity index (χ1v) is 8.43. The van der Waals surface area contributed by atoms with E-state index in [1.807, 2.05) is 59.6 Å². The van der Waals surface area contributed by atoms with Crippen LogP contribution in [-0.2, 0) is 4.79 Å². The predicted octanol–water partition coefficient (Wildman–Crippen LogP) is 4.52. The predicted molar refractivity (Wildman–Crippen MR) is 95.0 cm³/mol. The molecule has 23 heavy (non-hydrogen) atoms. The molecule has 2 aromatic carbocycles. The molecule has 0 fully saturated rings. The number of carboxylic acid groups (broad SMARTS) is 1. The molecule has 0 saturated carbocycles. The molecule has 0 aliphatic carbocycles. The quantitative estimate of drug-likeness (QED) is 0.833. The lowest BCUT2D eigenvalue weighted by atomic mass is 10.1. The molecule has 2 aromatic rings. The number of nitrogens with zero attached hydrogens (tertiary/aromatic N) is 1. The number of benzene rings is 2. The Bertz CT molecular complexity index is 732. The number of anilines is 1. The Morgan fingerprint density at radius 2 is 1.87 bits per heavy atom. The van der Waals surface area contributed by atoms with Crippen LogP contribution < -0.4 is 5.43 Å². The van der Waals surface area contributed by atoms with Gasteiger partial charge in [0, 0.05) is 15.5 Å². The lowest BCUT2D eigenvalue weighted by Crippen LogP contribution is -2.25. The molecule has 2 N–H and O–H groups in total. The monoisotopic (exact) mass is 346 g/mol. The van der Waals surface area contributed by atoms with E-state index >= 15 is 0 Å². The molecule has 3 rings (SSSR count). The highest BCUT2D eigenvalue weighted by molar-refractivity contribution is 8.03. The summed E-state index contributed by atoms with van der Waals surface area (Å²) in [7, 11) is 0. The van der Waals surface area contributed by atoms with Crippen LogP contribution in [0.2, 0.25) is 5.02 Å². The number of aliphatic carboxylic acids is 1. The summed E-state index contributed by atoms with van der Waals surface area (Å²) in [6.45, 7) is 0. The Kier molecular flexibility index (Phi) is 4.79. The zero-order valence-corrected chi connectivity index (χ0v) is 13.8. The standard InChI is InChI=1S/C17H15ClN2O2S/c18-13-8-6-12(7-9-13)17-15(10-16(21)22)23-11-20(17)19-14-4-2-1-3-5-14/h1-9,19H,10-11H2,(H,21,22). The van der Waals surface area contributed by atoms with Gasteiger partial charge in [-0.15, -0.1) is 11.8 Å². The van der Waals surface area contributed by atoms with E-state index in [9.17, 15) is 4.79 Å². The van der Waals surface area contributed by atoms with Crippen molar-refractivity contribution in [2.24, 2.45) is 0 Å². The largest absolute Gasteiger partial charge is 0.481 e. The fraction of sp³-hybridized carbons (Fsp3) is 0.118. The summed E-state index contributed by atoms with van der Waals surface area (Å²) in [5.41, 5.74) is 6.12. The van der Waals surface area contributed by atoms with Crippen LogP contribution in [0.3, 0.4) is 0 Å². The number of carbonyl (C=O) groups is 1. The van der Waals surface area contributed by atoms with Gasteiger partial charge in [0.1, 0.15) is 0 Å². The average Bonchev–Trinajstić information content (AvgIpc) is 2.91. The van der Waals surface area contributed by atoms with Gasteiger partial charge >= 0.3 is 5.97 Å². The Hall–Kier alpha value is -2.11. The first kappa shape index (κ1) is 15.8. The van der Waals surface area contributed by atoms with Crippen molar-refractivity contribution in [3.63, 3.8) is 0 Å². The smallest absolute Gasteiger partial charge is 0.308 e. The highest BCUT2D eigenvalue weighted by Gasteiger charge is 2.26. The van der Waals surface area contributed by atoms with Crippen molar-refractivity contribution < 1.29 is 9.90 Å². The molecule has 4 nitrogen and oxygen atoms in total. The Labute approximate surface area is 143 Å². The molecule has 1 aliphatic heterocycles. The normalized spacial score (nSPS) is 14.2. The van der Waals surface area contributed by atoms with Crippen molar-refractivity contribution in [1.82, 2.24) is 5.01 Å². The van der Waals surface area contributed by atoms with E-state index in [0.29, 0.717) is 10.9 Å². The minimum Gasteiger partial charge on any atom is -0.481 e. The van der Waals surface area contributed by atoms with Crippen molar-refractivity contribution in [3.8, 4) is 0 Å². The van der Waals surface area contributed by atoms with Crippen LogP contribution in [0.1, 0.15) is 12.0 Å². The summed E-state index contributed by atoms with van der Waals surface area (Å²) in [5.74, 6) is -0.185. The molecule has 0 saturated heterocycles. The van der Waals surface area contributed by atoms with Gasteiger partial charge in [-0.1, -0.05) is 41.9 Å². The molecule has 0 atom stereocenters. The number of thioether (sulfide) groups is 1. The Morgan fingerprint density at radius 3 is 2.52 bits per heavy atom. The number of nitrogens with one attached hydrogen (secondary N) is 1. The number of halogens is 1. The number of hydrogen-bond acceptors (Lipinski definition) is 4. The maximum absolute atomic E-state index is 11.1.